The average Bonchev–Trinajstić information content (AvgIpc) is 2.39. The zero-order valence-corrected chi connectivity index (χ0v) is 12.1. The van der Waals surface area contributed by atoms with Gasteiger partial charge in [0.2, 0.25) is 0 Å². The van der Waals surface area contributed by atoms with Crippen molar-refractivity contribution in [3.05, 3.63) is 33.9 Å². The standard InChI is InChI=1S/C14H23N3O2/c1-5-12(6-2)16(4)10-11-9-13(17(18)19)7-8-14(11)15-3/h7-9,12,15H,5-6,10H2,1-4H3. The van der Waals surface area contributed by atoms with Crippen molar-refractivity contribution in [1.82, 2.24) is 4.90 Å². The fraction of sp³-hybridized carbons (Fsp3) is 0.571. The Balaban J connectivity index is 2.97. The third-order valence-corrected chi connectivity index (χ3v) is 3.55. The lowest BCUT2D eigenvalue weighted by Crippen LogP contribution is -2.30. The zero-order chi connectivity index (χ0) is 14.4. The van der Waals surface area contributed by atoms with E-state index in [0.717, 1.165) is 24.1 Å². The molecule has 0 spiro atoms. The summed E-state index contributed by atoms with van der Waals surface area (Å²) < 4.78 is 0. The van der Waals surface area contributed by atoms with E-state index in [-0.39, 0.29) is 10.6 Å². The van der Waals surface area contributed by atoms with Crippen molar-refractivity contribution in [2.75, 3.05) is 19.4 Å². The number of rotatable bonds is 7. The van der Waals surface area contributed by atoms with E-state index < -0.39 is 0 Å². The zero-order valence-electron chi connectivity index (χ0n) is 12.1. The quantitative estimate of drug-likeness (QED) is 0.607. The molecular weight excluding hydrogens is 242 g/mol. The minimum absolute atomic E-state index is 0.145. The van der Waals surface area contributed by atoms with E-state index in [2.05, 4.69) is 31.1 Å². The van der Waals surface area contributed by atoms with Gasteiger partial charge in [0.25, 0.3) is 5.69 Å². The normalized spacial score (nSPS) is 11.1. The van der Waals surface area contributed by atoms with Crippen molar-refractivity contribution in [3.8, 4) is 0 Å². The third-order valence-electron chi connectivity index (χ3n) is 3.55. The van der Waals surface area contributed by atoms with E-state index in [1.807, 2.05) is 7.05 Å². The molecule has 1 rings (SSSR count). The summed E-state index contributed by atoms with van der Waals surface area (Å²) in [6.45, 7) is 5.04. The first kappa shape index (κ1) is 15.4. The van der Waals surface area contributed by atoms with Gasteiger partial charge in [-0.3, -0.25) is 15.0 Å². The summed E-state index contributed by atoms with van der Waals surface area (Å²) in [5, 5.41) is 13.9. The Morgan fingerprint density at radius 2 is 2.00 bits per heavy atom. The van der Waals surface area contributed by atoms with Crippen LogP contribution in [0, 0.1) is 10.1 Å². The van der Waals surface area contributed by atoms with Gasteiger partial charge in [-0.25, -0.2) is 0 Å². The number of hydrogen-bond donors (Lipinski definition) is 1. The molecule has 1 aromatic carbocycles. The van der Waals surface area contributed by atoms with E-state index in [0.29, 0.717) is 12.6 Å². The van der Waals surface area contributed by atoms with Gasteiger partial charge in [-0.15, -0.1) is 0 Å². The van der Waals surface area contributed by atoms with E-state index in [9.17, 15) is 10.1 Å². The number of nitrogens with zero attached hydrogens (tertiary/aromatic N) is 2. The van der Waals surface area contributed by atoms with Crippen LogP contribution in [0.1, 0.15) is 32.3 Å². The first-order chi connectivity index (χ1) is 9.03. The summed E-state index contributed by atoms with van der Waals surface area (Å²) in [6.07, 6.45) is 2.16. The molecule has 0 heterocycles. The maximum atomic E-state index is 10.9. The fourth-order valence-electron chi connectivity index (χ4n) is 2.38. The molecule has 0 saturated heterocycles. The van der Waals surface area contributed by atoms with Crippen LogP contribution in [0.15, 0.2) is 18.2 Å². The van der Waals surface area contributed by atoms with E-state index in [1.165, 1.54) is 6.07 Å². The summed E-state index contributed by atoms with van der Waals surface area (Å²) in [4.78, 5) is 12.8. The molecule has 0 aromatic heterocycles. The number of hydrogen-bond acceptors (Lipinski definition) is 4. The number of nitro groups is 1. The van der Waals surface area contributed by atoms with Gasteiger partial charge < -0.3 is 5.32 Å². The topological polar surface area (TPSA) is 58.4 Å². The molecule has 0 radical (unpaired) electrons. The molecule has 0 unspecified atom stereocenters. The van der Waals surface area contributed by atoms with Crippen LogP contribution in [0.3, 0.4) is 0 Å². The Bertz CT molecular complexity index is 431. The van der Waals surface area contributed by atoms with Crippen LogP contribution in [-0.2, 0) is 6.54 Å². The van der Waals surface area contributed by atoms with Crippen molar-refractivity contribution in [2.24, 2.45) is 0 Å². The molecule has 5 nitrogen and oxygen atoms in total. The Kier molecular flexibility index (Phi) is 5.76. The van der Waals surface area contributed by atoms with Gasteiger partial charge >= 0.3 is 0 Å². The molecule has 0 saturated carbocycles. The molecule has 0 amide bonds. The maximum absolute atomic E-state index is 10.9. The van der Waals surface area contributed by atoms with Crippen LogP contribution in [0.2, 0.25) is 0 Å². The van der Waals surface area contributed by atoms with Crippen LogP contribution < -0.4 is 5.32 Å². The molecule has 1 N–H and O–H groups in total. The second kappa shape index (κ2) is 7.09. The van der Waals surface area contributed by atoms with Crippen molar-refractivity contribution in [2.45, 2.75) is 39.3 Å². The lowest BCUT2D eigenvalue weighted by molar-refractivity contribution is -0.384. The minimum atomic E-state index is -0.347. The number of non-ortho nitro benzene ring substituents is 1. The highest BCUT2D eigenvalue weighted by Gasteiger charge is 2.15. The van der Waals surface area contributed by atoms with E-state index in [4.69, 9.17) is 0 Å². The predicted octanol–water partition coefficient (Wildman–Crippen LogP) is 3.26. The number of nitrogens with one attached hydrogen (secondary N) is 1. The van der Waals surface area contributed by atoms with Gasteiger partial charge in [0.1, 0.15) is 0 Å². The van der Waals surface area contributed by atoms with Gasteiger partial charge in [-0.2, -0.15) is 0 Å². The third kappa shape index (κ3) is 3.92. The Morgan fingerprint density at radius 1 is 1.37 bits per heavy atom. The molecule has 106 valence electrons. The van der Waals surface area contributed by atoms with Crippen molar-refractivity contribution < 1.29 is 4.92 Å². The molecular formula is C14H23N3O2. The van der Waals surface area contributed by atoms with Crippen LogP contribution >= 0.6 is 0 Å². The van der Waals surface area contributed by atoms with E-state index in [1.54, 1.807) is 12.1 Å². The Labute approximate surface area is 114 Å². The molecule has 0 aliphatic rings. The largest absolute Gasteiger partial charge is 0.388 e. The number of benzene rings is 1. The fourth-order valence-corrected chi connectivity index (χ4v) is 2.38. The molecule has 5 heteroatoms. The van der Waals surface area contributed by atoms with Gasteiger partial charge in [-0.05, 0) is 31.5 Å². The highest BCUT2D eigenvalue weighted by Crippen LogP contribution is 2.24. The highest BCUT2D eigenvalue weighted by molar-refractivity contribution is 5.55. The predicted molar refractivity (Wildman–Crippen MR) is 78.5 cm³/mol. The van der Waals surface area contributed by atoms with Gasteiger partial charge in [0, 0.05) is 37.5 Å². The van der Waals surface area contributed by atoms with Crippen LogP contribution in [0.5, 0.6) is 0 Å². The number of nitro benzene ring substituents is 1. The van der Waals surface area contributed by atoms with Crippen molar-refractivity contribution in [3.63, 3.8) is 0 Å². The highest BCUT2D eigenvalue weighted by atomic mass is 16.6. The second-order valence-corrected chi connectivity index (χ2v) is 4.73. The summed E-state index contributed by atoms with van der Waals surface area (Å²) in [7, 11) is 3.90. The lowest BCUT2D eigenvalue weighted by atomic mass is 10.1. The monoisotopic (exact) mass is 265 g/mol. The van der Waals surface area contributed by atoms with Crippen LogP contribution in [0.4, 0.5) is 11.4 Å². The number of anilines is 1. The van der Waals surface area contributed by atoms with Gasteiger partial charge in [-0.1, -0.05) is 13.8 Å². The first-order valence-corrected chi connectivity index (χ1v) is 6.68. The second-order valence-electron chi connectivity index (χ2n) is 4.73. The van der Waals surface area contributed by atoms with Crippen LogP contribution in [0.25, 0.3) is 0 Å². The Hall–Kier alpha value is -1.62. The molecule has 0 fully saturated rings. The van der Waals surface area contributed by atoms with E-state index >= 15 is 0 Å². The summed E-state index contributed by atoms with van der Waals surface area (Å²) in [5.41, 5.74) is 2.06. The first-order valence-electron chi connectivity index (χ1n) is 6.68. The summed E-state index contributed by atoms with van der Waals surface area (Å²) >= 11 is 0. The molecule has 1 aromatic rings. The SMILES string of the molecule is CCC(CC)N(C)Cc1cc([N+](=O)[O-])ccc1NC. The lowest BCUT2D eigenvalue weighted by Gasteiger charge is -2.26. The van der Waals surface area contributed by atoms with Gasteiger partial charge in [0.05, 0.1) is 4.92 Å². The average molecular weight is 265 g/mol. The van der Waals surface area contributed by atoms with Crippen LogP contribution in [-0.4, -0.2) is 30.0 Å². The molecule has 19 heavy (non-hydrogen) atoms. The molecule has 0 aliphatic heterocycles. The maximum Gasteiger partial charge on any atom is 0.269 e. The molecule has 0 bridgehead atoms. The molecule has 0 atom stereocenters. The Morgan fingerprint density at radius 3 is 2.47 bits per heavy atom. The van der Waals surface area contributed by atoms with Crippen molar-refractivity contribution >= 4 is 11.4 Å². The minimum Gasteiger partial charge on any atom is -0.388 e. The van der Waals surface area contributed by atoms with Crippen molar-refractivity contribution in [1.29, 1.82) is 0 Å². The summed E-state index contributed by atoms with van der Waals surface area (Å²) in [6, 6.07) is 5.47. The summed E-state index contributed by atoms with van der Waals surface area (Å²) in [5.74, 6) is 0. The smallest absolute Gasteiger partial charge is 0.269 e. The molecule has 0 aliphatic carbocycles. The van der Waals surface area contributed by atoms with Gasteiger partial charge in [0.15, 0.2) is 0 Å².